The first-order valence-electron chi connectivity index (χ1n) is 6.37. The largest absolute Gasteiger partial charge is 0.309 e. The van der Waals surface area contributed by atoms with E-state index in [1.165, 1.54) is 18.5 Å². The van der Waals surface area contributed by atoms with E-state index in [0.717, 1.165) is 22.6 Å². The summed E-state index contributed by atoms with van der Waals surface area (Å²) in [6, 6.07) is 0.548. The van der Waals surface area contributed by atoms with E-state index in [2.05, 4.69) is 47.1 Å². The van der Waals surface area contributed by atoms with Crippen LogP contribution in [0.1, 0.15) is 45.0 Å². The Morgan fingerprint density at radius 2 is 2.06 bits per heavy atom. The van der Waals surface area contributed by atoms with Crippen LogP contribution >= 0.6 is 15.9 Å². The summed E-state index contributed by atoms with van der Waals surface area (Å²) in [6.45, 7) is 9.70. The van der Waals surface area contributed by atoms with Gasteiger partial charge in [0.1, 0.15) is 0 Å². The minimum absolute atomic E-state index is 0.548. The van der Waals surface area contributed by atoms with Gasteiger partial charge in [-0.05, 0) is 42.1 Å². The molecule has 3 nitrogen and oxygen atoms in total. The van der Waals surface area contributed by atoms with Crippen LogP contribution in [0.5, 0.6) is 0 Å². The van der Waals surface area contributed by atoms with Gasteiger partial charge in [-0.2, -0.15) is 5.10 Å². The van der Waals surface area contributed by atoms with Crippen LogP contribution in [0.2, 0.25) is 0 Å². The van der Waals surface area contributed by atoms with E-state index in [-0.39, 0.29) is 0 Å². The van der Waals surface area contributed by atoms with E-state index in [4.69, 9.17) is 0 Å². The van der Waals surface area contributed by atoms with Gasteiger partial charge in [0.15, 0.2) is 0 Å². The molecule has 0 amide bonds. The average molecular weight is 302 g/mol. The van der Waals surface area contributed by atoms with Gasteiger partial charge in [-0.25, -0.2) is 0 Å². The standard InChI is InChI=1S/C13H24BrN3/c1-6-9(2)7-10(3)15-8-12-13(14)11(4)16-17(12)5/h9-10,15H,6-8H2,1-5H3. The lowest BCUT2D eigenvalue weighted by Gasteiger charge is -2.17. The van der Waals surface area contributed by atoms with Crippen LogP contribution in [0, 0.1) is 12.8 Å². The normalized spacial score (nSPS) is 14.9. The molecule has 0 fully saturated rings. The van der Waals surface area contributed by atoms with Crippen molar-refractivity contribution in [2.24, 2.45) is 13.0 Å². The molecule has 0 saturated heterocycles. The van der Waals surface area contributed by atoms with Gasteiger partial charge in [-0.15, -0.1) is 0 Å². The minimum Gasteiger partial charge on any atom is -0.309 e. The second-order valence-electron chi connectivity index (χ2n) is 5.00. The predicted molar refractivity (Wildman–Crippen MR) is 76.0 cm³/mol. The SMILES string of the molecule is CCC(C)CC(C)NCc1c(Br)c(C)nn1C. The highest BCUT2D eigenvalue weighted by Crippen LogP contribution is 2.20. The zero-order chi connectivity index (χ0) is 13.0. The van der Waals surface area contributed by atoms with Gasteiger partial charge in [0, 0.05) is 19.6 Å². The topological polar surface area (TPSA) is 29.9 Å². The summed E-state index contributed by atoms with van der Waals surface area (Å²) in [6.07, 6.45) is 2.48. The van der Waals surface area contributed by atoms with Crippen molar-refractivity contribution in [1.29, 1.82) is 0 Å². The smallest absolute Gasteiger partial charge is 0.0739 e. The maximum absolute atomic E-state index is 4.40. The van der Waals surface area contributed by atoms with Crippen LogP contribution < -0.4 is 5.32 Å². The van der Waals surface area contributed by atoms with Crippen molar-refractivity contribution in [1.82, 2.24) is 15.1 Å². The summed E-state index contributed by atoms with van der Waals surface area (Å²) in [5, 5.41) is 7.96. The van der Waals surface area contributed by atoms with E-state index < -0.39 is 0 Å². The van der Waals surface area contributed by atoms with Gasteiger partial charge in [-0.1, -0.05) is 20.3 Å². The van der Waals surface area contributed by atoms with Gasteiger partial charge in [-0.3, -0.25) is 4.68 Å². The quantitative estimate of drug-likeness (QED) is 0.873. The molecular weight excluding hydrogens is 278 g/mol. The Morgan fingerprint density at radius 1 is 1.41 bits per heavy atom. The predicted octanol–water partition coefficient (Wildman–Crippen LogP) is 3.41. The number of nitrogens with one attached hydrogen (secondary N) is 1. The fourth-order valence-corrected chi connectivity index (χ4v) is 2.47. The second-order valence-corrected chi connectivity index (χ2v) is 5.79. The molecule has 17 heavy (non-hydrogen) atoms. The molecule has 1 heterocycles. The monoisotopic (exact) mass is 301 g/mol. The first-order chi connectivity index (χ1) is 7.95. The molecule has 1 aromatic rings. The Bertz CT molecular complexity index is 360. The molecule has 0 spiro atoms. The third kappa shape index (κ3) is 4.11. The van der Waals surface area contributed by atoms with Crippen molar-refractivity contribution >= 4 is 15.9 Å². The molecule has 2 unspecified atom stereocenters. The molecular formula is C13H24BrN3. The molecule has 0 aliphatic rings. The number of nitrogens with zero attached hydrogens (tertiary/aromatic N) is 2. The van der Waals surface area contributed by atoms with Gasteiger partial charge >= 0.3 is 0 Å². The molecule has 98 valence electrons. The lowest BCUT2D eigenvalue weighted by atomic mass is 10.0. The number of hydrogen-bond donors (Lipinski definition) is 1. The van der Waals surface area contributed by atoms with Gasteiger partial charge in [0.25, 0.3) is 0 Å². The molecule has 0 radical (unpaired) electrons. The van der Waals surface area contributed by atoms with Gasteiger partial charge < -0.3 is 5.32 Å². The molecule has 2 atom stereocenters. The van der Waals surface area contributed by atoms with E-state index in [1.807, 2.05) is 18.7 Å². The minimum atomic E-state index is 0.548. The lowest BCUT2D eigenvalue weighted by molar-refractivity contribution is 0.407. The van der Waals surface area contributed by atoms with Crippen molar-refractivity contribution in [3.05, 3.63) is 15.9 Å². The maximum atomic E-state index is 4.40. The Hall–Kier alpha value is -0.350. The first-order valence-corrected chi connectivity index (χ1v) is 7.16. The Balaban J connectivity index is 2.50. The van der Waals surface area contributed by atoms with Crippen LogP contribution in [0.3, 0.4) is 0 Å². The Morgan fingerprint density at radius 3 is 2.53 bits per heavy atom. The summed E-state index contributed by atoms with van der Waals surface area (Å²) < 4.78 is 3.07. The summed E-state index contributed by atoms with van der Waals surface area (Å²) in [5.74, 6) is 0.786. The van der Waals surface area contributed by atoms with E-state index in [9.17, 15) is 0 Å². The summed E-state index contributed by atoms with van der Waals surface area (Å²) in [7, 11) is 1.99. The number of rotatable bonds is 6. The van der Waals surface area contributed by atoms with Crippen molar-refractivity contribution in [3.8, 4) is 0 Å². The number of hydrogen-bond acceptors (Lipinski definition) is 2. The zero-order valence-corrected chi connectivity index (χ0v) is 13.1. The highest BCUT2D eigenvalue weighted by Gasteiger charge is 2.12. The van der Waals surface area contributed by atoms with Crippen LogP contribution in [0.4, 0.5) is 0 Å². The molecule has 1 rings (SSSR count). The van der Waals surface area contributed by atoms with Crippen molar-refractivity contribution in [2.75, 3.05) is 0 Å². The molecule has 0 aromatic carbocycles. The van der Waals surface area contributed by atoms with E-state index in [1.54, 1.807) is 0 Å². The van der Waals surface area contributed by atoms with Crippen LogP contribution in [0.15, 0.2) is 4.47 Å². The lowest BCUT2D eigenvalue weighted by Crippen LogP contribution is -2.28. The van der Waals surface area contributed by atoms with Crippen molar-refractivity contribution in [2.45, 2.75) is 53.1 Å². The molecule has 1 aromatic heterocycles. The van der Waals surface area contributed by atoms with Crippen molar-refractivity contribution in [3.63, 3.8) is 0 Å². The van der Waals surface area contributed by atoms with E-state index >= 15 is 0 Å². The van der Waals surface area contributed by atoms with Crippen LogP contribution in [0.25, 0.3) is 0 Å². The molecule has 0 aliphatic heterocycles. The zero-order valence-electron chi connectivity index (χ0n) is 11.5. The average Bonchev–Trinajstić information content (AvgIpc) is 2.51. The molecule has 1 N–H and O–H groups in total. The molecule has 0 aliphatic carbocycles. The number of aromatic nitrogens is 2. The third-order valence-corrected chi connectivity index (χ3v) is 4.36. The highest BCUT2D eigenvalue weighted by atomic mass is 79.9. The van der Waals surface area contributed by atoms with Crippen LogP contribution in [-0.2, 0) is 13.6 Å². The fraction of sp³-hybridized carbons (Fsp3) is 0.769. The molecule has 0 bridgehead atoms. The second kappa shape index (κ2) is 6.55. The van der Waals surface area contributed by atoms with E-state index in [0.29, 0.717) is 6.04 Å². The number of halogens is 1. The number of aryl methyl sites for hydroxylation is 2. The molecule has 0 saturated carbocycles. The van der Waals surface area contributed by atoms with Crippen molar-refractivity contribution < 1.29 is 0 Å². The summed E-state index contributed by atoms with van der Waals surface area (Å²) >= 11 is 3.59. The summed E-state index contributed by atoms with van der Waals surface area (Å²) in [4.78, 5) is 0. The van der Waals surface area contributed by atoms with Gasteiger partial charge in [0.05, 0.1) is 15.9 Å². The highest BCUT2D eigenvalue weighted by molar-refractivity contribution is 9.10. The maximum Gasteiger partial charge on any atom is 0.0739 e. The van der Waals surface area contributed by atoms with Gasteiger partial charge in [0.2, 0.25) is 0 Å². The Labute approximate surface area is 113 Å². The Kier molecular flexibility index (Phi) is 5.67. The summed E-state index contributed by atoms with van der Waals surface area (Å²) in [5.41, 5.74) is 2.28. The first kappa shape index (κ1) is 14.7. The van der Waals surface area contributed by atoms with Crippen LogP contribution in [-0.4, -0.2) is 15.8 Å². The third-order valence-electron chi connectivity index (χ3n) is 3.33. The molecule has 4 heteroatoms. The fourth-order valence-electron chi connectivity index (χ4n) is 2.00.